The first kappa shape index (κ1) is 19.9. The molecule has 0 fully saturated rings. The summed E-state index contributed by atoms with van der Waals surface area (Å²) >= 11 is 3.48. The summed E-state index contributed by atoms with van der Waals surface area (Å²) < 4.78 is 44.6. The maximum atomic E-state index is 14.4. The molecule has 2 aromatic heterocycles. The lowest BCUT2D eigenvalue weighted by Crippen LogP contribution is -2.25. The van der Waals surface area contributed by atoms with Gasteiger partial charge >= 0.3 is 0 Å². The van der Waals surface area contributed by atoms with Gasteiger partial charge in [0, 0.05) is 30.7 Å². The van der Waals surface area contributed by atoms with Crippen molar-refractivity contribution in [1.82, 2.24) is 0 Å². The monoisotopic (exact) mass is 486 g/mol. The molecule has 2 heterocycles. The van der Waals surface area contributed by atoms with Gasteiger partial charge in [0.05, 0.1) is 0 Å². The van der Waals surface area contributed by atoms with Gasteiger partial charge in [0.1, 0.15) is 0 Å². The van der Waals surface area contributed by atoms with Crippen LogP contribution in [0.2, 0.25) is 0 Å². The SMILES string of the molecule is Fc1c(F)c(P)c(P)c(CCc2cc3ccc4c(c3s2)-c2ccc3ccsc3c2-4)c1F. The minimum Gasteiger partial charge on any atom is -0.203 e. The molecule has 0 bridgehead atoms. The summed E-state index contributed by atoms with van der Waals surface area (Å²) in [5.41, 5.74) is 5.41. The van der Waals surface area contributed by atoms with Crippen LogP contribution in [0.1, 0.15) is 10.4 Å². The van der Waals surface area contributed by atoms with E-state index in [-0.39, 0.29) is 10.9 Å². The summed E-state index contributed by atoms with van der Waals surface area (Å²) in [4.78, 5) is 1.10. The van der Waals surface area contributed by atoms with E-state index in [1.807, 2.05) is 0 Å². The third-order valence-electron chi connectivity index (χ3n) is 6.02. The van der Waals surface area contributed by atoms with Gasteiger partial charge < -0.3 is 0 Å². The van der Waals surface area contributed by atoms with E-state index in [0.29, 0.717) is 18.1 Å². The Kier molecular flexibility index (Phi) is 4.56. The van der Waals surface area contributed by atoms with Crippen molar-refractivity contribution in [3.05, 3.63) is 69.7 Å². The molecule has 1 aliphatic carbocycles. The quantitative estimate of drug-likeness (QED) is 0.187. The molecule has 0 radical (unpaired) electrons. The number of halogens is 3. The lowest BCUT2D eigenvalue weighted by molar-refractivity contribution is 0.446. The van der Waals surface area contributed by atoms with E-state index in [2.05, 4.69) is 60.3 Å². The van der Waals surface area contributed by atoms with Crippen LogP contribution in [-0.2, 0) is 12.8 Å². The highest BCUT2D eigenvalue weighted by Gasteiger charge is 2.28. The Balaban J connectivity index is 1.37. The Bertz CT molecular complexity index is 1520. The van der Waals surface area contributed by atoms with E-state index >= 15 is 0 Å². The van der Waals surface area contributed by atoms with Crippen molar-refractivity contribution in [3.63, 3.8) is 0 Å². The predicted molar refractivity (Wildman–Crippen MR) is 134 cm³/mol. The van der Waals surface area contributed by atoms with Crippen molar-refractivity contribution < 1.29 is 13.2 Å². The second-order valence-corrected chi connectivity index (χ2v) is 10.9. The average molecular weight is 486 g/mol. The van der Waals surface area contributed by atoms with Gasteiger partial charge in [-0.2, -0.15) is 0 Å². The molecule has 0 nitrogen and oxygen atoms in total. The minimum absolute atomic E-state index is 0.0630. The molecule has 2 atom stereocenters. The van der Waals surface area contributed by atoms with Crippen LogP contribution in [0.25, 0.3) is 42.4 Å². The van der Waals surface area contributed by atoms with Gasteiger partial charge in [-0.25, -0.2) is 13.2 Å². The van der Waals surface area contributed by atoms with Crippen molar-refractivity contribution in [1.29, 1.82) is 0 Å². The Morgan fingerprint density at radius 1 is 0.710 bits per heavy atom. The highest BCUT2D eigenvalue weighted by atomic mass is 32.1. The van der Waals surface area contributed by atoms with Crippen LogP contribution < -0.4 is 10.6 Å². The average Bonchev–Trinajstić information content (AvgIpc) is 3.38. The lowest BCUT2D eigenvalue weighted by Gasteiger charge is -2.25. The number of aryl methyl sites for hydroxylation is 1. The van der Waals surface area contributed by atoms with Gasteiger partial charge in [0.15, 0.2) is 17.5 Å². The highest BCUT2D eigenvalue weighted by molar-refractivity contribution is 7.36. The van der Waals surface area contributed by atoms with E-state index in [0.717, 1.165) is 4.88 Å². The summed E-state index contributed by atoms with van der Waals surface area (Å²) in [7, 11) is 4.51. The molecular formula is C24H15F3P2S2. The Labute approximate surface area is 189 Å². The molecule has 154 valence electrons. The Morgan fingerprint density at radius 2 is 1.42 bits per heavy atom. The second kappa shape index (κ2) is 7.12. The van der Waals surface area contributed by atoms with Gasteiger partial charge in [-0.15, -0.1) is 41.2 Å². The van der Waals surface area contributed by atoms with Crippen molar-refractivity contribution in [2.45, 2.75) is 12.8 Å². The zero-order valence-electron chi connectivity index (χ0n) is 16.1. The maximum Gasteiger partial charge on any atom is 0.195 e. The minimum atomic E-state index is -1.40. The number of thiophene rings is 2. The van der Waals surface area contributed by atoms with Crippen molar-refractivity contribution in [2.75, 3.05) is 0 Å². The van der Waals surface area contributed by atoms with E-state index < -0.39 is 17.5 Å². The number of fused-ring (bicyclic) bond motifs is 8. The van der Waals surface area contributed by atoms with Crippen LogP contribution >= 0.6 is 41.2 Å². The van der Waals surface area contributed by atoms with Gasteiger partial charge in [0.25, 0.3) is 0 Å². The van der Waals surface area contributed by atoms with Gasteiger partial charge in [-0.3, -0.25) is 0 Å². The number of hydrogen-bond acceptors (Lipinski definition) is 2. The fraction of sp³-hybridized carbons (Fsp3) is 0.0833. The first-order valence-electron chi connectivity index (χ1n) is 9.72. The molecule has 1 aliphatic rings. The van der Waals surface area contributed by atoms with Gasteiger partial charge in [-0.05, 0) is 63.1 Å². The molecule has 31 heavy (non-hydrogen) atoms. The lowest BCUT2D eigenvalue weighted by atomic mass is 9.79. The molecule has 0 saturated heterocycles. The zero-order chi connectivity index (χ0) is 21.4. The Morgan fingerprint density at radius 3 is 2.19 bits per heavy atom. The van der Waals surface area contributed by atoms with Crippen LogP contribution in [-0.4, -0.2) is 0 Å². The summed E-state index contributed by atoms with van der Waals surface area (Å²) in [6.45, 7) is 0. The summed E-state index contributed by atoms with van der Waals surface area (Å²) in [6.07, 6.45) is 0.878. The largest absolute Gasteiger partial charge is 0.203 e. The topological polar surface area (TPSA) is 0 Å². The number of benzene rings is 3. The molecular weight excluding hydrogens is 471 g/mol. The fourth-order valence-corrected chi connectivity index (χ4v) is 7.32. The van der Waals surface area contributed by atoms with Gasteiger partial charge in [-0.1, -0.05) is 24.3 Å². The first-order chi connectivity index (χ1) is 15.0. The van der Waals surface area contributed by atoms with Crippen molar-refractivity contribution in [3.8, 4) is 22.3 Å². The number of rotatable bonds is 3. The summed E-state index contributed by atoms with van der Waals surface area (Å²) in [5, 5.41) is 5.01. The van der Waals surface area contributed by atoms with Gasteiger partial charge in [0.2, 0.25) is 0 Å². The third kappa shape index (κ3) is 2.80. The highest BCUT2D eigenvalue weighted by Crippen LogP contribution is 2.55. The van der Waals surface area contributed by atoms with Crippen LogP contribution in [0.5, 0.6) is 0 Å². The smallest absolute Gasteiger partial charge is 0.195 e. The second-order valence-electron chi connectivity index (χ2n) is 7.69. The molecule has 5 aromatic rings. The molecule has 6 rings (SSSR count). The molecule has 7 heteroatoms. The molecule has 0 N–H and O–H groups in total. The first-order valence-corrected chi connectivity index (χ1v) is 12.6. The number of hydrogen-bond donors (Lipinski definition) is 0. The van der Waals surface area contributed by atoms with Crippen molar-refractivity contribution >= 4 is 71.9 Å². The molecule has 3 aromatic carbocycles. The third-order valence-corrected chi connectivity index (χ3v) is 9.75. The molecule has 0 amide bonds. The van der Waals surface area contributed by atoms with E-state index in [4.69, 9.17) is 0 Å². The van der Waals surface area contributed by atoms with Crippen molar-refractivity contribution in [2.24, 2.45) is 0 Å². The van der Waals surface area contributed by atoms with Crippen LogP contribution in [0.3, 0.4) is 0 Å². The summed E-state index contributed by atoms with van der Waals surface area (Å²) in [6, 6.07) is 13.0. The van der Waals surface area contributed by atoms with Crippen LogP contribution in [0.15, 0.2) is 41.8 Å². The van der Waals surface area contributed by atoms with E-state index in [1.54, 1.807) is 22.7 Å². The van der Waals surface area contributed by atoms with E-state index in [9.17, 15) is 13.2 Å². The predicted octanol–water partition coefficient (Wildman–Crippen LogP) is 6.97. The normalized spacial score (nSPS) is 12.3. The van der Waals surface area contributed by atoms with E-state index in [1.165, 1.54) is 42.4 Å². The standard InChI is InChI=1S/C24H15F3P2S2/c25-18-15(21(28)22(29)20(27)19(18)26)6-3-12-9-11-2-5-14-16-13(17(14)24(11)31-12)4-1-10-7-8-30-23(10)16/h1-2,4-5,7-9H,3,6,28-29H2. The maximum absolute atomic E-state index is 14.4. The zero-order valence-corrected chi connectivity index (χ0v) is 20.0. The molecule has 0 aliphatic heterocycles. The summed E-state index contributed by atoms with van der Waals surface area (Å²) in [5.74, 6) is -3.64. The van der Waals surface area contributed by atoms with Crippen LogP contribution in [0, 0.1) is 17.5 Å². The molecule has 2 unspecified atom stereocenters. The Hall–Kier alpha value is -1.77. The van der Waals surface area contributed by atoms with Crippen LogP contribution in [0.4, 0.5) is 13.2 Å². The molecule has 0 saturated carbocycles. The fourth-order valence-electron chi connectivity index (χ4n) is 4.44. The molecule has 0 spiro atoms.